The molecule has 0 spiro atoms. The summed E-state index contributed by atoms with van der Waals surface area (Å²) in [6.45, 7) is 0.0859. The number of ether oxygens (including phenoxy) is 1. The number of carbonyl (C=O) groups is 2. The number of hydrogen-bond donors (Lipinski definition) is 2. The maximum absolute atomic E-state index is 13.1. The smallest absolute Gasteiger partial charge is 0.328 e. The summed E-state index contributed by atoms with van der Waals surface area (Å²) in [4.78, 5) is 27.0. The van der Waals surface area contributed by atoms with Gasteiger partial charge in [-0.05, 0) is 72.0 Å². The minimum absolute atomic E-state index is 0.0859. The van der Waals surface area contributed by atoms with Gasteiger partial charge in [-0.3, -0.25) is 4.79 Å². The Balaban J connectivity index is 1.74. The summed E-state index contributed by atoms with van der Waals surface area (Å²) in [5, 5.41) is 0. The molecule has 1 aromatic carbocycles. The number of nitrogens with one attached hydrogen (secondary N) is 1. The van der Waals surface area contributed by atoms with Gasteiger partial charge in [0.25, 0.3) is 0 Å². The molecule has 1 aliphatic carbocycles. The summed E-state index contributed by atoms with van der Waals surface area (Å²) in [5.74, 6) is -0.782. The zero-order valence-electron chi connectivity index (χ0n) is 16.9. The van der Waals surface area contributed by atoms with Gasteiger partial charge >= 0.3 is 5.97 Å². The van der Waals surface area contributed by atoms with Gasteiger partial charge in [0.05, 0.1) is 18.0 Å². The second-order valence-electron chi connectivity index (χ2n) is 7.96. The highest BCUT2D eigenvalue weighted by Gasteiger charge is 2.44. The van der Waals surface area contributed by atoms with E-state index in [2.05, 4.69) is 27.3 Å². The molecule has 1 aliphatic heterocycles. The number of sulfonamides is 1. The predicted octanol–water partition coefficient (Wildman–Crippen LogP) is 1.62. The third-order valence-electron chi connectivity index (χ3n) is 5.95. The van der Waals surface area contributed by atoms with Crippen LogP contribution < -0.4 is 10.5 Å². The number of rotatable bonds is 6. The highest BCUT2D eigenvalue weighted by molar-refractivity contribution is 14.1. The number of halogens is 1. The molecule has 3 N–H and O–H groups in total. The SMILES string of the molecule is COC(=O)C1CC(NS(=O)(=O)c2ccc(I)cc2)CN1C(=O)C(N)C1CCCCC1. The monoisotopic (exact) mass is 549 g/mol. The first-order chi connectivity index (χ1) is 14.2. The van der Waals surface area contributed by atoms with Gasteiger partial charge in [0.15, 0.2) is 0 Å². The average molecular weight is 549 g/mol. The van der Waals surface area contributed by atoms with E-state index < -0.39 is 34.1 Å². The van der Waals surface area contributed by atoms with Crippen molar-refractivity contribution in [3.63, 3.8) is 0 Å². The molecule has 1 heterocycles. The van der Waals surface area contributed by atoms with Gasteiger partial charge in [0.1, 0.15) is 6.04 Å². The summed E-state index contributed by atoms with van der Waals surface area (Å²) in [5.41, 5.74) is 6.27. The molecule has 1 saturated carbocycles. The minimum atomic E-state index is -3.78. The average Bonchev–Trinajstić information content (AvgIpc) is 3.16. The van der Waals surface area contributed by atoms with Crippen LogP contribution in [0.5, 0.6) is 0 Å². The number of nitrogens with zero attached hydrogens (tertiary/aromatic N) is 1. The lowest BCUT2D eigenvalue weighted by atomic mass is 9.83. The van der Waals surface area contributed by atoms with Gasteiger partial charge in [0, 0.05) is 16.2 Å². The van der Waals surface area contributed by atoms with Gasteiger partial charge in [-0.25, -0.2) is 17.9 Å². The van der Waals surface area contributed by atoms with Gasteiger partial charge in [-0.1, -0.05) is 19.3 Å². The van der Waals surface area contributed by atoms with Crippen LogP contribution in [0.2, 0.25) is 0 Å². The maximum Gasteiger partial charge on any atom is 0.328 e. The van der Waals surface area contributed by atoms with Gasteiger partial charge < -0.3 is 15.4 Å². The minimum Gasteiger partial charge on any atom is -0.467 e. The first kappa shape index (κ1) is 23.4. The van der Waals surface area contributed by atoms with Crippen LogP contribution in [0, 0.1) is 9.49 Å². The molecule has 1 amide bonds. The summed E-state index contributed by atoms with van der Waals surface area (Å²) in [6, 6.07) is 4.34. The Hall–Kier alpha value is -1.24. The fraction of sp³-hybridized carbons (Fsp3) is 0.600. The van der Waals surface area contributed by atoms with E-state index in [1.54, 1.807) is 12.1 Å². The molecule has 0 bridgehead atoms. The van der Waals surface area contributed by atoms with E-state index in [9.17, 15) is 18.0 Å². The normalized spacial score (nSPS) is 23.9. The first-order valence-corrected chi connectivity index (χ1v) is 12.7. The number of amides is 1. The largest absolute Gasteiger partial charge is 0.467 e. The molecule has 2 fully saturated rings. The number of benzene rings is 1. The molecular weight excluding hydrogens is 521 g/mol. The van der Waals surface area contributed by atoms with Crippen molar-refractivity contribution in [3.8, 4) is 0 Å². The molecule has 0 radical (unpaired) electrons. The maximum atomic E-state index is 13.1. The van der Waals surface area contributed by atoms with Crippen LogP contribution in [0.25, 0.3) is 0 Å². The van der Waals surface area contributed by atoms with Crippen molar-refractivity contribution >= 4 is 44.5 Å². The number of esters is 1. The molecular formula is C20H28IN3O5S. The molecule has 8 nitrogen and oxygen atoms in total. The second-order valence-corrected chi connectivity index (χ2v) is 10.9. The van der Waals surface area contributed by atoms with E-state index in [1.165, 1.54) is 24.1 Å². The molecule has 0 aromatic heterocycles. The molecule has 1 aromatic rings. The molecule has 3 rings (SSSR count). The highest BCUT2D eigenvalue weighted by Crippen LogP contribution is 2.29. The molecule has 10 heteroatoms. The lowest BCUT2D eigenvalue weighted by molar-refractivity contribution is -0.151. The Morgan fingerprint density at radius 2 is 1.83 bits per heavy atom. The summed E-state index contributed by atoms with van der Waals surface area (Å²) < 4.78 is 33.9. The van der Waals surface area contributed by atoms with E-state index >= 15 is 0 Å². The predicted molar refractivity (Wildman–Crippen MR) is 120 cm³/mol. The second kappa shape index (κ2) is 9.92. The van der Waals surface area contributed by atoms with Crippen molar-refractivity contribution in [3.05, 3.63) is 27.8 Å². The number of methoxy groups -OCH3 is 1. The number of nitrogens with two attached hydrogens (primary N) is 1. The van der Waals surface area contributed by atoms with E-state index in [0.717, 1.165) is 35.7 Å². The Kier molecular flexibility index (Phi) is 7.75. The molecule has 166 valence electrons. The summed E-state index contributed by atoms with van der Waals surface area (Å²) in [7, 11) is -2.52. The fourth-order valence-electron chi connectivity index (χ4n) is 4.31. The molecule has 3 unspecified atom stereocenters. The quantitative estimate of drug-likeness (QED) is 0.412. The van der Waals surface area contributed by atoms with Crippen molar-refractivity contribution in [2.45, 2.75) is 61.5 Å². The van der Waals surface area contributed by atoms with Gasteiger partial charge in [-0.15, -0.1) is 0 Å². The third kappa shape index (κ3) is 5.32. The van der Waals surface area contributed by atoms with Crippen LogP contribution in [0.15, 0.2) is 29.2 Å². The van der Waals surface area contributed by atoms with Gasteiger partial charge in [-0.2, -0.15) is 0 Å². The van der Waals surface area contributed by atoms with Crippen molar-refractivity contribution < 1.29 is 22.7 Å². The van der Waals surface area contributed by atoms with Crippen molar-refractivity contribution in [1.29, 1.82) is 0 Å². The van der Waals surface area contributed by atoms with Crippen LogP contribution in [0.1, 0.15) is 38.5 Å². The molecule has 30 heavy (non-hydrogen) atoms. The van der Waals surface area contributed by atoms with Crippen LogP contribution in [-0.4, -0.2) is 57.0 Å². The number of carbonyl (C=O) groups excluding carboxylic acids is 2. The Morgan fingerprint density at radius 3 is 2.43 bits per heavy atom. The zero-order chi connectivity index (χ0) is 21.9. The standard InChI is InChI=1S/C20H28IN3O5S/c1-29-20(26)17-11-15(23-30(27,28)16-9-7-14(21)8-10-16)12-24(17)19(25)18(22)13-5-3-2-4-6-13/h7-10,13,15,17-18,23H,2-6,11-12,22H2,1H3. The third-order valence-corrected chi connectivity index (χ3v) is 8.20. The van der Waals surface area contributed by atoms with Crippen LogP contribution in [0.3, 0.4) is 0 Å². The summed E-state index contributed by atoms with van der Waals surface area (Å²) in [6.07, 6.45) is 5.18. The van der Waals surface area contributed by atoms with Crippen LogP contribution >= 0.6 is 22.6 Å². The number of hydrogen-bond acceptors (Lipinski definition) is 6. The fourth-order valence-corrected chi connectivity index (χ4v) is 5.91. The van der Waals surface area contributed by atoms with Crippen molar-refractivity contribution in [1.82, 2.24) is 9.62 Å². The van der Waals surface area contributed by atoms with Crippen molar-refractivity contribution in [2.24, 2.45) is 11.7 Å². The lowest BCUT2D eigenvalue weighted by Gasteiger charge is -2.31. The Bertz CT molecular complexity index is 871. The van der Waals surface area contributed by atoms with Crippen LogP contribution in [0.4, 0.5) is 0 Å². The lowest BCUT2D eigenvalue weighted by Crippen LogP contribution is -2.52. The molecule has 2 aliphatic rings. The topological polar surface area (TPSA) is 119 Å². The zero-order valence-corrected chi connectivity index (χ0v) is 19.9. The number of likely N-dealkylation sites (tertiary alicyclic amines) is 1. The van der Waals surface area contributed by atoms with E-state index in [-0.39, 0.29) is 29.7 Å². The van der Waals surface area contributed by atoms with E-state index in [1.807, 2.05) is 0 Å². The van der Waals surface area contributed by atoms with Crippen molar-refractivity contribution in [2.75, 3.05) is 13.7 Å². The van der Waals surface area contributed by atoms with Crippen LogP contribution in [-0.2, 0) is 24.3 Å². The van der Waals surface area contributed by atoms with E-state index in [4.69, 9.17) is 10.5 Å². The Labute approximate surface area is 191 Å². The van der Waals surface area contributed by atoms with E-state index in [0.29, 0.717) is 0 Å². The first-order valence-electron chi connectivity index (χ1n) is 10.1. The molecule has 3 atom stereocenters. The van der Waals surface area contributed by atoms with Gasteiger partial charge in [0.2, 0.25) is 15.9 Å². The summed E-state index contributed by atoms with van der Waals surface area (Å²) >= 11 is 2.10. The highest BCUT2D eigenvalue weighted by atomic mass is 127. The Morgan fingerprint density at radius 1 is 1.20 bits per heavy atom. The molecule has 1 saturated heterocycles.